The standard InChI is InChI=1S/C17H22N2O2.C15H19BrN2O2/c1-6-9-17(4,5)19-16(20)15(8-3)21-14-10-13(7-2)11-18-12-14;1-5-7-15(3,4)18-14(19)13(6-2)20-12-8-11(16)9-17-10-12/h7,10-12,15H,2,8H2,1,3-5H3,(H,19,20);8-10,13H,6H2,1-4H3,(H,18,19). The Labute approximate surface area is 253 Å². The molecule has 2 atom stereocenters. The molecule has 220 valence electrons. The lowest BCUT2D eigenvalue weighted by atomic mass is 10.1. The van der Waals surface area contributed by atoms with Crippen LogP contribution in [0.1, 0.15) is 73.8 Å². The maximum absolute atomic E-state index is 12.3. The van der Waals surface area contributed by atoms with Crippen LogP contribution in [-0.2, 0) is 9.59 Å². The van der Waals surface area contributed by atoms with Gasteiger partial charge in [0.25, 0.3) is 11.8 Å². The Morgan fingerprint density at radius 2 is 1.32 bits per heavy atom. The Hall–Kier alpha value is -3.82. The van der Waals surface area contributed by atoms with Gasteiger partial charge in [-0.05, 0) is 88.0 Å². The molecule has 9 heteroatoms. The highest BCUT2D eigenvalue weighted by Crippen LogP contribution is 2.19. The van der Waals surface area contributed by atoms with Crippen molar-refractivity contribution in [2.45, 2.75) is 91.5 Å². The second-order valence-electron chi connectivity index (χ2n) is 10.0. The van der Waals surface area contributed by atoms with Crippen molar-refractivity contribution in [1.82, 2.24) is 20.6 Å². The minimum atomic E-state index is -0.580. The zero-order chi connectivity index (χ0) is 31.1. The zero-order valence-electron chi connectivity index (χ0n) is 25.2. The van der Waals surface area contributed by atoms with Crippen molar-refractivity contribution < 1.29 is 19.1 Å². The summed E-state index contributed by atoms with van der Waals surface area (Å²) in [7, 11) is 0. The molecule has 2 amide bonds. The fourth-order valence-corrected chi connectivity index (χ4v) is 3.85. The number of carbonyl (C=O) groups is 2. The summed E-state index contributed by atoms with van der Waals surface area (Å²) in [6, 6.07) is 3.58. The first-order valence-corrected chi connectivity index (χ1v) is 14.1. The Kier molecular flexibility index (Phi) is 14.7. The fourth-order valence-electron chi connectivity index (χ4n) is 3.51. The Morgan fingerprint density at radius 3 is 1.71 bits per heavy atom. The SMILES string of the molecule is C=Cc1cncc(OC(CC)C(=O)NC(C)(C)C#CC)c1.CC#CC(C)(C)NC(=O)C(CC)Oc1cncc(Br)c1. The summed E-state index contributed by atoms with van der Waals surface area (Å²) in [4.78, 5) is 32.6. The minimum absolute atomic E-state index is 0.180. The first kappa shape index (κ1) is 35.2. The van der Waals surface area contributed by atoms with Gasteiger partial charge in [0.15, 0.2) is 12.2 Å². The van der Waals surface area contributed by atoms with Crippen molar-refractivity contribution in [1.29, 1.82) is 0 Å². The maximum atomic E-state index is 12.3. The third-order valence-corrected chi connectivity index (χ3v) is 5.71. The van der Waals surface area contributed by atoms with Gasteiger partial charge in [0, 0.05) is 16.9 Å². The van der Waals surface area contributed by atoms with Crippen molar-refractivity contribution in [2.24, 2.45) is 0 Å². The van der Waals surface area contributed by atoms with Crippen molar-refractivity contribution in [2.75, 3.05) is 0 Å². The van der Waals surface area contributed by atoms with E-state index in [2.05, 4.69) is 66.8 Å². The molecule has 2 unspecified atom stereocenters. The summed E-state index contributed by atoms with van der Waals surface area (Å²) < 4.78 is 12.2. The summed E-state index contributed by atoms with van der Waals surface area (Å²) >= 11 is 3.32. The fraction of sp³-hybridized carbons (Fsp3) is 0.438. The molecule has 0 spiro atoms. The van der Waals surface area contributed by atoms with Gasteiger partial charge in [-0.15, -0.1) is 11.8 Å². The molecule has 8 nitrogen and oxygen atoms in total. The molecular weight excluding hydrogens is 584 g/mol. The smallest absolute Gasteiger partial charge is 0.262 e. The van der Waals surface area contributed by atoms with E-state index in [1.165, 1.54) is 0 Å². The molecule has 0 aliphatic rings. The summed E-state index contributed by atoms with van der Waals surface area (Å²) in [5, 5.41) is 5.75. The Bertz CT molecular complexity index is 1300. The van der Waals surface area contributed by atoms with Crippen molar-refractivity contribution in [3.05, 3.63) is 53.5 Å². The minimum Gasteiger partial charge on any atom is -0.479 e. The van der Waals surface area contributed by atoms with Gasteiger partial charge >= 0.3 is 0 Å². The number of hydrogen-bond donors (Lipinski definition) is 2. The predicted molar refractivity (Wildman–Crippen MR) is 167 cm³/mol. The van der Waals surface area contributed by atoms with E-state index in [1.807, 2.05) is 41.5 Å². The summed E-state index contributed by atoms with van der Waals surface area (Å²) in [5.74, 6) is 12.3. The highest BCUT2D eigenvalue weighted by molar-refractivity contribution is 9.10. The van der Waals surface area contributed by atoms with E-state index in [9.17, 15) is 9.59 Å². The van der Waals surface area contributed by atoms with Crippen LogP contribution in [0.4, 0.5) is 0 Å². The van der Waals surface area contributed by atoms with E-state index < -0.39 is 23.3 Å². The summed E-state index contributed by atoms with van der Waals surface area (Å²) in [6.45, 7) is 18.4. The van der Waals surface area contributed by atoms with Gasteiger partial charge in [-0.25, -0.2) is 0 Å². The van der Waals surface area contributed by atoms with Crippen molar-refractivity contribution in [3.8, 4) is 35.2 Å². The third-order valence-electron chi connectivity index (χ3n) is 5.28. The van der Waals surface area contributed by atoms with Crippen LogP contribution in [-0.4, -0.2) is 45.1 Å². The number of aromatic nitrogens is 2. The molecular formula is C32H41BrN4O4. The van der Waals surface area contributed by atoms with E-state index in [0.717, 1.165) is 10.0 Å². The second kappa shape index (κ2) is 17.1. The Morgan fingerprint density at radius 1 is 0.878 bits per heavy atom. The second-order valence-corrected chi connectivity index (χ2v) is 10.9. The van der Waals surface area contributed by atoms with Gasteiger partial charge in [0.2, 0.25) is 0 Å². The zero-order valence-corrected chi connectivity index (χ0v) is 26.8. The van der Waals surface area contributed by atoms with E-state index in [1.54, 1.807) is 56.8 Å². The molecule has 0 saturated heterocycles. The molecule has 2 N–H and O–H groups in total. The van der Waals surface area contributed by atoms with Gasteiger partial charge in [0.1, 0.15) is 11.5 Å². The van der Waals surface area contributed by atoms with Crippen LogP contribution in [0.25, 0.3) is 6.08 Å². The average Bonchev–Trinajstić information content (AvgIpc) is 2.90. The monoisotopic (exact) mass is 624 g/mol. The molecule has 0 saturated carbocycles. The Balaban J connectivity index is 0.000000410. The summed E-state index contributed by atoms with van der Waals surface area (Å²) in [5.41, 5.74) is -0.304. The number of amides is 2. The van der Waals surface area contributed by atoms with Gasteiger partial charge in [-0.1, -0.05) is 38.3 Å². The number of halogens is 1. The van der Waals surface area contributed by atoms with E-state index in [4.69, 9.17) is 9.47 Å². The average molecular weight is 626 g/mol. The number of ether oxygens (including phenoxy) is 2. The first-order valence-electron chi connectivity index (χ1n) is 13.3. The van der Waals surface area contributed by atoms with Crippen LogP contribution in [0.15, 0.2) is 48.0 Å². The lowest BCUT2D eigenvalue weighted by molar-refractivity contribution is -0.130. The van der Waals surface area contributed by atoms with Crippen LogP contribution in [0.5, 0.6) is 11.5 Å². The lowest BCUT2D eigenvalue weighted by Gasteiger charge is -2.24. The third kappa shape index (κ3) is 13.4. The van der Waals surface area contributed by atoms with Crippen molar-refractivity contribution >= 4 is 33.8 Å². The molecule has 41 heavy (non-hydrogen) atoms. The number of hydrogen-bond acceptors (Lipinski definition) is 6. The molecule has 2 rings (SSSR count). The molecule has 0 bridgehead atoms. The quantitative estimate of drug-likeness (QED) is 0.310. The molecule has 0 aliphatic heterocycles. The molecule has 0 aromatic carbocycles. The predicted octanol–water partition coefficient (Wildman–Crippen LogP) is 5.72. The van der Waals surface area contributed by atoms with Gasteiger partial charge in [-0.3, -0.25) is 19.6 Å². The highest BCUT2D eigenvalue weighted by atomic mass is 79.9. The number of nitrogens with one attached hydrogen (secondary N) is 2. The molecule has 2 heterocycles. The number of carbonyl (C=O) groups excluding carboxylic acids is 2. The number of nitrogens with zero attached hydrogens (tertiary/aromatic N) is 2. The number of rotatable bonds is 11. The van der Waals surface area contributed by atoms with Crippen LogP contribution in [0.2, 0.25) is 0 Å². The first-order chi connectivity index (χ1) is 19.3. The lowest BCUT2D eigenvalue weighted by Crippen LogP contribution is -2.48. The number of pyridine rings is 2. The van der Waals surface area contributed by atoms with Gasteiger partial charge in [-0.2, -0.15) is 0 Å². The molecule has 0 aliphatic carbocycles. The molecule has 0 fully saturated rings. The van der Waals surface area contributed by atoms with Crippen LogP contribution in [0.3, 0.4) is 0 Å². The maximum Gasteiger partial charge on any atom is 0.262 e. The van der Waals surface area contributed by atoms with Gasteiger partial charge in [0.05, 0.1) is 23.5 Å². The normalized spacial score (nSPS) is 11.9. The topological polar surface area (TPSA) is 102 Å². The van der Waals surface area contributed by atoms with Gasteiger partial charge < -0.3 is 20.1 Å². The van der Waals surface area contributed by atoms with Crippen LogP contribution in [0, 0.1) is 23.7 Å². The van der Waals surface area contributed by atoms with Crippen molar-refractivity contribution in [3.63, 3.8) is 0 Å². The van der Waals surface area contributed by atoms with E-state index in [0.29, 0.717) is 24.3 Å². The van der Waals surface area contributed by atoms with E-state index >= 15 is 0 Å². The molecule has 2 aromatic heterocycles. The molecule has 2 aromatic rings. The highest BCUT2D eigenvalue weighted by Gasteiger charge is 2.26. The van der Waals surface area contributed by atoms with Crippen LogP contribution >= 0.6 is 15.9 Å². The molecule has 0 radical (unpaired) electrons. The van der Waals surface area contributed by atoms with E-state index in [-0.39, 0.29) is 11.8 Å². The largest absolute Gasteiger partial charge is 0.479 e. The summed E-state index contributed by atoms with van der Waals surface area (Å²) in [6.07, 6.45) is 8.16. The van der Waals surface area contributed by atoms with Crippen LogP contribution < -0.4 is 20.1 Å².